The van der Waals surface area contributed by atoms with Crippen molar-refractivity contribution in [1.29, 1.82) is 0 Å². The second-order valence-electron chi connectivity index (χ2n) is 8.11. The van der Waals surface area contributed by atoms with E-state index in [9.17, 15) is 4.79 Å². The number of rotatable bonds is 7. The van der Waals surface area contributed by atoms with Crippen molar-refractivity contribution in [3.63, 3.8) is 0 Å². The predicted octanol–water partition coefficient (Wildman–Crippen LogP) is 5.19. The number of amides is 1. The second-order valence-corrected chi connectivity index (χ2v) is 8.11. The van der Waals surface area contributed by atoms with E-state index in [0.717, 1.165) is 36.2 Å². The van der Waals surface area contributed by atoms with E-state index in [1.54, 1.807) is 12.3 Å². The first kappa shape index (κ1) is 21.0. The van der Waals surface area contributed by atoms with Crippen molar-refractivity contribution >= 4 is 12.0 Å². The van der Waals surface area contributed by atoms with Crippen LogP contribution < -0.4 is 0 Å². The largest absolute Gasteiger partial charge is 0.336 e. The number of likely N-dealkylation sites (N-methyl/N-ethyl adjacent to an activating group) is 1. The molecule has 0 saturated heterocycles. The molecule has 1 fully saturated rings. The average Bonchev–Trinajstić information content (AvgIpc) is 3.22. The molecule has 5 heteroatoms. The van der Waals surface area contributed by atoms with Crippen LogP contribution in [0.25, 0.3) is 17.3 Å². The zero-order valence-electron chi connectivity index (χ0n) is 18.2. The smallest absolute Gasteiger partial charge is 0.246 e. The summed E-state index contributed by atoms with van der Waals surface area (Å²) in [6, 6.07) is 14.5. The highest BCUT2D eigenvalue weighted by atomic mass is 16.2. The summed E-state index contributed by atoms with van der Waals surface area (Å²) >= 11 is 0. The van der Waals surface area contributed by atoms with Crippen LogP contribution in [-0.2, 0) is 11.3 Å². The van der Waals surface area contributed by atoms with Gasteiger partial charge >= 0.3 is 0 Å². The fourth-order valence-electron chi connectivity index (χ4n) is 4.38. The molecule has 1 aliphatic rings. The zero-order valence-corrected chi connectivity index (χ0v) is 18.2. The van der Waals surface area contributed by atoms with E-state index >= 15 is 0 Å². The Bertz CT molecular complexity index is 1000. The van der Waals surface area contributed by atoms with Crippen LogP contribution in [0.1, 0.15) is 50.2 Å². The van der Waals surface area contributed by atoms with E-state index in [1.165, 1.54) is 24.8 Å². The monoisotopic (exact) mass is 414 g/mol. The number of aromatic nitrogens is 3. The molecule has 0 unspecified atom stereocenters. The van der Waals surface area contributed by atoms with Gasteiger partial charge in [-0.25, -0.2) is 0 Å². The topological polar surface area (TPSA) is 51.0 Å². The lowest BCUT2D eigenvalue weighted by Crippen LogP contribution is -2.40. The molecule has 2 heterocycles. The van der Waals surface area contributed by atoms with Crippen LogP contribution in [0.2, 0.25) is 0 Å². The summed E-state index contributed by atoms with van der Waals surface area (Å²) in [6.07, 6.45) is 15.1. The lowest BCUT2D eigenvalue weighted by molar-refractivity contribution is -0.128. The number of carbonyl (C=O) groups is 1. The van der Waals surface area contributed by atoms with Gasteiger partial charge in [0.25, 0.3) is 0 Å². The molecule has 0 bridgehead atoms. The molecule has 31 heavy (non-hydrogen) atoms. The minimum Gasteiger partial charge on any atom is -0.336 e. The fraction of sp³-hybridized carbons (Fsp3) is 0.346. The van der Waals surface area contributed by atoms with Crippen LogP contribution >= 0.6 is 0 Å². The highest BCUT2D eigenvalue weighted by Crippen LogP contribution is 2.25. The van der Waals surface area contributed by atoms with Crippen molar-refractivity contribution in [2.75, 3.05) is 6.54 Å². The van der Waals surface area contributed by atoms with Crippen molar-refractivity contribution in [1.82, 2.24) is 19.7 Å². The van der Waals surface area contributed by atoms with Crippen LogP contribution in [0, 0.1) is 0 Å². The summed E-state index contributed by atoms with van der Waals surface area (Å²) < 4.78 is 1.93. The molecule has 1 aromatic carbocycles. The van der Waals surface area contributed by atoms with Gasteiger partial charge in [0.15, 0.2) is 0 Å². The summed E-state index contributed by atoms with van der Waals surface area (Å²) in [5, 5.41) is 4.81. The third kappa shape index (κ3) is 5.29. The fourth-order valence-corrected chi connectivity index (χ4v) is 4.38. The third-order valence-corrected chi connectivity index (χ3v) is 5.96. The lowest BCUT2D eigenvalue weighted by atomic mass is 9.94. The minimum absolute atomic E-state index is 0.0855. The maximum Gasteiger partial charge on any atom is 0.246 e. The van der Waals surface area contributed by atoms with Crippen LogP contribution in [0.5, 0.6) is 0 Å². The van der Waals surface area contributed by atoms with Gasteiger partial charge in [0.2, 0.25) is 5.91 Å². The third-order valence-electron chi connectivity index (χ3n) is 5.96. The van der Waals surface area contributed by atoms with Crippen molar-refractivity contribution in [3.8, 4) is 11.3 Å². The highest BCUT2D eigenvalue weighted by molar-refractivity contribution is 5.93. The van der Waals surface area contributed by atoms with Crippen LogP contribution in [0.15, 0.2) is 67.1 Å². The van der Waals surface area contributed by atoms with Crippen LogP contribution in [0.4, 0.5) is 0 Å². The normalized spacial score (nSPS) is 14.7. The zero-order chi connectivity index (χ0) is 21.5. The van der Waals surface area contributed by atoms with E-state index in [-0.39, 0.29) is 5.91 Å². The summed E-state index contributed by atoms with van der Waals surface area (Å²) in [5.74, 6) is 0.0855. The molecule has 0 N–H and O–H groups in total. The summed E-state index contributed by atoms with van der Waals surface area (Å²) in [7, 11) is 0. The van der Waals surface area contributed by atoms with Gasteiger partial charge in [-0.15, -0.1) is 0 Å². The number of carbonyl (C=O) groups excluding carboxylic acids is 1. The molecule has 3 aromatic rings. The molecule has 0 radical (unpaired) electrons. The van der Waals surface area contributed by atoms with E-state index in [2.05, 4.69) is 24.0 Å². The Labute approximate surface area is 184 Å². The van der Waals surface area contributed by atoms with Gasteiger partial charge in [0.05, 0.1) is 6.54 Å². The Kier molecular flexibility index (Phi) is 6.92. The quantitative estimate of drug-likeness (QED) is 0.500. The average molecular weight is 415 g/mol. The number of hydrogen-bond acceptors (Lipinski definition) is 3. The Balaban J connectivity index is 1.59. The molecule has 2 aromatic heterocycles. The van der Waals surface area contributed by atoms with Gasteiger partial charge in [-0.05, 0) is 43.5 Å². The van der Waals surface area contributed by atoms with Crippen molar-refractivity contribution in [2.45, 2.75) is 51.6 Å². The minimum atomic E-state index is 0.0855. The number of pyridine rings is 1. The summed E-state index contributed by atoms with van der Waals surface area (Å²) in [6.45, 7) is 3.49. The first-order chi connectivity index (χ1) is 15.2. The molecule has 0 atom stereocenters. The van der Waals surface area contributed by atoms with E-state index in [4.69, 9.17) is 5.10 Å². The van der Waals surface area contributed by atoms with E-state index in [0.29, 0.717) is 12.6 Å². The van der Waals surface area contributed by atoms with E-state index in [1.807, 2.05) is 58.4 Å². The molecule has 0 spiro atoms. The highest BCUT2D eigenvalue weighted by Gasteiger charge is 2.22. The Morgan fingerprint density at radius 2 is 1.94 bits per heavy atom. The van der Waals surface area contributed by atoms with Crippen molar-refractivity contribution in [3.05, 3.63) is 78.3 Å². The molecule has 4 rings (SSSR count). The number of nitrogens with zero attached hydrogens (tertiary/aromatic N) is 4. The molecule has 1 aliphatic carbocycles. The van der Waals surface area contributed by atoms with Gasteiger partial charge in [-0.3, -0.25) is 14.5 Å². The molecular formula is C26H30N4O. The standard InChI is InChI=1S/C26H30N4O/c1-2-30(24-13-7-4-8-14-24)25(31)16-15-23-20-29(19-21-10-5-3-6-11-21)28-26(23)22-12-9-17-27-18-22/h3,5-6,9-12,15-18,20,24H,2,4,7-8,13-14,19H2,1H3/b16-15+. The Morgan fingerprint density at radius 3 is 2.65 bits per heavy atom. The van der Waals surface area contributed by atoms with Gasteiger partial charge in [0, 0.05) is 48.4 Å². The Hall–Kier alpha value is -3.21. The first-order valence-corrected chi connectivity index (χ1v) is 11.2. The molecule has 1 amide bonds. The maximum atomic E-state index is 13.0. The summed E-state index contributed by atoms with van der Waals surface area (Å²) in [5.41, 5.74) is 3.90. The van der Waals surface area contributed by atoms with E-state index < -0.39 is 0 Å². The van der Waals surface area contributed by atoms with Crippen molar-refractivity contribution in [2.24, 2.45) is 0 Å². The molecule has 160 valence electrons. The molecular weight excluding hydrogens is 384 g/mol. The maximum absolute atomic E-state index is 13.0. The number of benzene rings is 1. The Morgan fingerprint density at radius 1 is 1.13 bits per heavy atom. The molecule has 5 nitrogen and oxygen atoms in total. The number of hydrogen-bond donors (Lipinski definition) is 0. The SMILES string of the molecule is CCN(C(=O)/C=C/c1cn(Cc2ccccc2)nc1-c1cccnc1)C1CCCCC1. The van der Waals surface area contributed by atoms with Crippen LogP contribution in [-0.4, -0.2) is 38.2 Å². The summed E-state index contributed by atoms with van der Waals surface area (Å²) in [4.78, 5) is 19.3. The van der Waals surface area contributed by atoms with Crippen LogP contribution in [0.3, 0.4) is 0 Å². The molecule has 0 aliphatic heterocycles. The van der Waals surface area contributed by atoms with Gasteiger partial charge in [-0.2, -0.15) is 5.10 Å². The van der Waals surface area contributed by atoms with Crippen molar-refractivity contribution < 1.29 is 4.79 Å². The van der Waals surface area contributed by atoms with Gasteiger partial charge in [-0.1, -0.05) is 49.6 Å². The predicted molar refractivity (Wildman–Crippen MR) is 124 cm³/mol. The van der Waals surface area contributed by atoms with Gasteiger partial charge in [0.1, 0.15) is 5.69 Å². The molecule has 1 saturated carbocycles. The lowest BCUT2D eigenvalue weighted by Gasteiger charge is -2.32. The van der Waals surface area contributed by atoms with Gasteiger partial charge < -0.3 is 4.90 Å². The first-order valence-electron chi connectivity index (χ1n) is 11.2. The second kappa shape index (κ2) is 10.2.